The van der Waals surface area contributed by atoms with Crippen LogP contribution in [0.15, 0.2) is 82.0 Å². The third-order valence-corrected chi connectivity index (χ3v) is 11.7. The number of anilines is 1. The number of Topliss-reactive ketones (excluding diaryl/α,β-unsaturated/α-hetero) is 1. The molecule has 2 N–H and O–H groups in total. The lowest BCUT2D eigenvalue weighted by Crippen LogP contribution is -2.64. The molecule has 2 aromatic carbocycles. The second kappa shape index (κ2) is 13.3. The molecular weight excluding hydrogens is 631 g/mol. The molecule has 0 radical (unpaired) electrons. The van der Waals surface area contributed by atoms with Crippen LogP contribution in [-0.4, -0.2) is 68.4 Å². The van der Waals surface area contributed by atoms with Gasteiger partial charge in [0.1, 0.15) is 22.8 Å². The number of aryl methyl sites for hydroxylation is 1. The zero-order chi connectivity index (χ0) is 31.7. The molecule has 1 amide bonds. The SMILES string of the molecule is CN1C(=Cc2cc[n+](CCSCC3=C(C(=O)O)N4C(=O)C(C(=O)CCCC(=O)O)C4SC3)c3ccccc23)Sc2ccccc21. The number of carboxylic acids is 2. The van der Waals surface area contributed by atoms with E-state index in [1.807, 2.05) is 12.1 Å². The maximum absolute atomic E-state index is 12.9. The number of thioether (sulfide) groups is 3. The monoisotopic (exact) mass is 662 g/mol. The van der Waals surface area contributed by atoms with Crippen LogP contribution in [0.2, 0.25) is 0 Å². The molecule has 1 aromatic heterocycles. The number of hydrogen-bond acceptors (Lipinski definition) is 8. The van der Waals surface area contributed by atoms with E-state index in [0.29, 0.717) is 17.1 Å². The highest BCUT2D eigenvalue weighted by atomic mass is 32.2. The van der Waals surface area contributed by atoms with E-state index in [1.165, 1.54) is 32.3 Å². The number of amides is 1. The number of nitrogens with zero attached hydrogens (tertiary/aromatic N) is 3. The minimum Gasteiger partial charge on any atom is -0.481 e. The largest absolute Gasteiger partial charge is 0.481 e. The second-order valence-corrected chi connectivity index (χ2v) is 14.3. The van der Waals surface area contributed by atoms with Crippen LogP contribution in [0.25, 0.3) is 17.0 Å². The van der Waals surface area contributed by atoms with Crippen LogP contribution in [0, 0.1) is 5.92 Å². The van der Waals surface area contributed by atoms with Crippen LogP contribution in [0.3, 0.4) is 0 Å². The molecule has 3 aromatic rings. The van der Waals surface area contributed by atoms with E-state index in [-0.39, 0.29) is 30.7 Å². The average Bonchev–Trinajstić information content (AvgIpc) is 3.34. The van der Waals surface area contributed by atoms with E-state index >= 15 is 0 Å². The maximum atomic E-state index is 12.9. The predicted octanol–water partition coefficient (Wildman–Crippen LogP) is 5.10. The number of rotatable bonds is 12. The Balaban J connectivity index is 1.11. The van der Waals surface area contributed by atoms with Gasteiger partial charge in [-0.05, 0) is 41.8 Å². The molecule has 12 heteroatoms. The van der Waals surface area contributed by atoms with Crippen molar-refractivity contribution in [2.75, 3.05) is 29.2 Å². The Morgan fingerprint density at radius 1 is 1.07 bits per heavy atom. The summed E-state index contributed by atoms with van der Waals surface area (Å²) in [5, 5.41) is 20.6. The van der Waals surface area contributed by atoms with Crippen molar-refractivity contribution in [3.63, 3.8) is 0 Å². The number of benzene rings is 2. The summed E-state index contributed by atoms with van der Waals surface area (Å²) in [5.41, 5.74) is 4.11. The summed E-state index contributed by atoms with van der Waals surface area (Å²) in [6, 6.07) is 18.8. The smallest absolute Gasteiger partial charge is 0.352 e. The number of β-lactam (4-membered cyclic amide) rings is 1. The first-order valence-electron chi connectivity index (χ1n) is 14.6. The normalized spacial score (nSPS) is 19.9. The molecule has 1 fully saturated rings. The van der Waals surface area contributed by atoms with Gasteiger partial charge in [0.25, 0.3) is 0 Å². The van der Waals surface area contributed by atoms with Crippen molar-refractivity contribution < 1.29 is 34.0 Å². The number of aromatic nitrogens is 1. The van der Waals surface area contributed by atoms with E-state index in [2.05, 4.69) is 71.3 Å². The fraction of sp³-hybridized carbons (Fsp3) is 0.303. The number of carbonyl (C=O) groups is 4. The van der Waals surface area contributed by atoms with Gasteiger partial charge in [-0.15, -0.1) is 11.8 Å². The van der Waals surface area contributed by atoms with Gasteiger partial charge in [-0.1, -0.05) is 36.0 Å². The number of fused-ring (bicyclic) bond motifs is 3. The molecule has 0 aliphatic carbocycles. The molecule has 6 rings (SSSR count). The molecule has 2 atom stereocenters. The average molecular weight is 663 g/mol. The number of carbonyl (C=O) groups excluding carboxylic acids is 2. The number of aliphatic carboxylic acids is 2. The van der Waals surface area contributed by atoms with Crippen molar-refractivity contribution in [3.05, 3.63) is 82.7 Å². The molecule has 45 heavy (non-hydrogen) atoms. The predicted molar refractivity (Wildman–Crippen MR) is 178 cm³/mol. The summed E-state index contributed by atoms with van der Waals surface area (Å²) in [6.45, 7) is 0.725. The first-order valence-corrected chi connectivity index (χ1v) is 17.6. The highest BCUT2D eigenvalue weighted by molar-refractivity contribution is 8.04. The summed E-state index contributed by atoms with van der Waals surface area (Å²) < 4.78 is 2.21. The molecule has 0 saturated carbocycles. The Bertz CT molecular complexity index is 1770. The van der Waals surface area contributed by atoms with Crippen LogP contribution in [0.1, 0.15) is 24.8 Å². The Kier molecular flexibility index (Phi) is 9.25. The molecular formula is C33H32N3O6S3+. The molecule has 3 aliphatic heterocycles. The fourth-order valence-electron chi connectivity index (χ4n) is 5.89. The van der Waals surface area contributed by atoms with Crippen molar-refractivity contribution in [2.24, 2.45) is 5.92 Å². The number of ketones is 1. The Morgan fingerprint density at radius 3 is 2.62 bits per heavy atom. The standard InChI is InChI=1S/C33H31N3O6S3/c1-34-24-9-4-5-11-26(24)45-27(34)17-20-13-14-35(23-8-3-2-7-22(20)23)15-16-43-18-21-19-44-32-29(25(37)10-6-12-28(38)39)31(40)36(32)30(21)33(41)42/h2-5,7-9,11,13-14,17,29,32H,6,10,12,15-16,18-19H2,1H3,(H-,38,39,41,42)/p+1. The number of pyridine rings is 1. The van der Waals surface area contributed by atoms with Gasteiger partial charge in [-0.25, -0.2) is 4.79 Å². The van der Waals surface area contributed by atoms with Crippen LogP contribution in [0.4, 0.5) is 5.69 Å². The lowest BCUT2D eigenvalue weighted by Gasteiger charge is -2.48. The Morgan fingerprint density at radius 2 is 1.84 bits per heavy atom. The summed E-state index contributed by atoms with van der Waals surface area (Å²) in [7, 11) is 2.09. The van der Waals surface area contributed by atoms with E-state index < -0.39 is 29.1 Å². The van der Waals surface area contributed by atoms with Crippen molar-refractivity contribution in [1.82, 2.24) is 4.90 Å². The lowest BCUT2D eigenvalue weighted by atomic mass is 9.89. The highest BCUT2D eigenvalue weighted by Gasteiger charge is 2.56. The third-order valence-electron chi connectivity index (χ3n) is 8.17. The van der Waals surface area contributed by atoms with Gasteiger partial charge in [-0.3, -0.25) is 19.3 Å². The molecule has 0 spiro atoms. The summed E-state index contributed by atoms with van der Waals surface area (Å²) in [6.07, 6.45) is 4.34. The molecule has 0 bridgehead atoms. The number of para-hydroxylation sites is 2. The van der Waals surface area contributed by atoms with E-state index in [9.17, 15) is 24.3 Å². The summed E-state index contributed by atoms with van der Waals surface area (Å²) >= 11 is 4.79. The van der Waals surface area contributed by atoms with Gasteiger partial charge in [0.15, 0.2) is 12.7 Å². The maximum Gasteiger partial charge on any atom is 0.352 e. The topological polar surface area (TPSA) is 119 Å². The quantitative estimate of drug-likeness (QED) is 0.117. The molecule has 4 heterocycles. The third kappa shape index (κ3) is 6.23. The van der Waals surface area contributed by atoms with Gasteiger partial charge in [0, 0.05) is 48.4 Å². The van der Waals surface area contributed by atoms with Crippen LogP contribution >= 0.6 is 35.3 Å². The Labute approximate surface area is 273 Å². The van der Waals surface area contributed by atoms with Crippen molar-refractivity contribution in [2.45, 2.75) is 36.1 Å². The van der Waals surface area contributed by atoms with Gasteiger partial charge >= 0.3 is 11.9 Å². The molecule has 1 saturated heterocycles. The van der Waals surface area contributed by atoms with Crippen LogP contribution < -0.4 is 9.47 Å². The fourth-order valence-corrected chi connectivity index (χ4v) is 9.51. The van der Waals surface area contributed by atoms with Gasteiger partial charge in [-0.2, -0.15) is 16.3 Å². The van der Waals surface area contributed by atoms with Crippen molar-refractivity contribution >= 4 is 81.6 Å². The molecule has 232 valence electrons. The first-order chi connectivity index (χ1) is 21.7. The minimum absolute atomic E-state index is 0.00249. The number of hydrogen-bond donors (Lipinski definition) is 2. The van der Waals surface area contributed by atoms with E-state index in [0.717, 1.165) is 28.8 Å². The zero-order valence-corrected chi connectivity index (χ0v) is 27.0. The summed E-state index contributed by atoms with van der Waals surface area (Å²) in [4.78, 5) is 53.2. The number of carboxylic acid groups (broad SMARTS) is 2. The summed E-state index contributed by atoms with van der Waals surface area (Å²) in [5.74, 6) is -2.24. The Hall–Kier alpha value is -3.74. The molecule has 3 aliphatic rings. The second-order valence-electron chi connectivity index (χ2n) is 11.0. The van der Waals surface area contributed by atoms with Gasteiger partial charge < -0.3 is 15.1 Å². The van der Waals surface area contributed by atoms with Crippen molar-refractivity contribution in [3.8, 4) is 0 Å². The van der Waals surface area contributed by atoms with Gasteiger partial charge in [0.05, 0.1) is 21.9 Å². The van der Waals surface area contributed by atoms with Crippen LogP contribution in [0.5, 0.6) is 0 Å². The first kappa shape index (κ1) is 31.3. The van der Waals surface area contributed by atoms with Crippen LogP contribution in [-0.2, 0) is 25.7 Å². The van der Waals surface area contributed by atoms with Crippen molar-refractivity contribution in [1.29, 1.82) is 0 Å². The lowest BCUT2D eigenvalue weighted by molar-refractivity contribution is -0.666. The highest BCUT2D eigenvalue weighted by Crippen LogP contribution is 2.46. The van der Waals surface area contributed by atoms with Gasteiger partial charge in [0.2, 0.25) is 11.4 Å². The molecule has 9 nitrogen and oxygen atoms in total. The minimum atomic E-state index is -1.17. The van der Waals surface area contributed by atoms with E-state index in [1.54, 1.807) is 23.5 Å². The zero-order valence-electron chi connectivity index (χ0n) is 24.5. The molecule has 2 unspecified atom stereocenters. The van der Waals surface area contributed by atoms with E-state index in [4.69, 9.17) is 5.11 Å².